The third kappa shape index (κ3) is 2.59. The maximum atomic E-state index is 6.34. The van der Waals surface area contributed by atoms with Gasteiger partial charge in [-0.1, -0.05) is 32.4 Å². The first-order valence-electron chi connectivity index (χ1n) is 6.15. The highest BCUT2D eigenvalue weighted by molar-refractivity contribution is 6.35. The second-order valence-electron chi connectivity index (χ2n) is 5.35. The van der Waals surface area contributed by atoms with Crippen LogP contribution in [0.25, 0.3) is 10.9 Å². The van der Waals surface area contributed by atoms with Gasteiger partial charge in [0.2, 0.25) is 0 Å². The topological polar surface area (TPSA) is 22.1 Å². The molecule has 1 heterocycles. The van der Waals surface area contributed by atoms with Gasteiger partial charge in [-0.25, -0.2) is 0 Å². The fourth-order valence-corrected chi connectivity index (χ4v) is 2.06. The van der Waals surface area contributed by atoms with Gasteiger partial charge in [0.25, 0.3) is 0 Å². The molecule has 0 amide bonds. The monoisotopic (exact) mass is 263 g/mol. The molecule has 0 saturated carbocycles. The van der Waals surface area contributed by atoms with Crippen LogP contribution in [0.5, 0.6) is 5.75 Å². The molecule has 3 heteroatoms. The fraction of sp³-hybridized carbons (Fsp3) is 0.400. The molecule has 1 aromatic heterocycles. The molecule has 0 saturated heterocycles. The standard InChI is InChI=1S/C15H18ClNO/c1-5-18-10-6-7-13-11(8-10)12(16)9-14(17-13)15(2,3)4/h6-9H,5H2,1-4H3. The minimum Gasteiger partial charge on any atom is -0.494 e. The number of nitrogens with zero attached hydrogens (tertiary/aromatic N) is 1. The molecule has 0 aliphatic carbocycles. The average Bonchev–Trinajstić information content (AvgIpc) is 2.29. The van der Waals surface area contributed by atoms with Crippen molar-refractivity contribution in [2.45, 2.75) is 33.1 Å². The Morgan fingerprint density at radius 3 is 2.56 bits per heavy atom. The second kappa shape index (κ2) is 4.77. The number of fused-ring (bicyclic) bond motifs is 1. The van der Waals surface area contributed by atoms with E-state index in [4.69, 9.17) is 16.3 Å². The highest BCUT2D eigenvalue weighted by Gasteiger charge is 2.17. The van der Waals surface area contributed by atoms with Gasteiger partial charge in [-0.2, -0.15) is 0 Å². The summed E-state index contributed by atoms with van der Waals surface area (Å²) in [6.07, 6.45) is 0. The second-order valence-corrected chi connectivity index (χ2v) is 5.76. The first kappa shape index (κ1) is 13.2. The summed E-state index contributed by atoms with van der Waals surface area (Å²) >= 11 is 6.34. The Morgan fingerprint density at radius 2 is 1.94 bits per heavy atom. The van der Waals surface area contributed by atoms with Crippen LogP contribution < -0.4 is 4.74 Å². The Morgan fingerprint density at radius 1 is 1.22 bits per heavy atom. The highest BCUT2D eigenvalue weighted by Crippen LogP contribution is 2.31. The number of rotatable bonds is 2. The van der Waals surface area contributed by atoms with Gasteiger partial charge in [0.15, 0.2) is 0 Å². The predicted octanol–water partition coefficient (Wildman–Crippen LogP) is 4.58. The molecule has 0 bridgehead atoms. The van der Waals surface area contributed by atoms with Crippen LogP contribution in [0.1, 0.15) is 33.4 Å². The van der Waals surface area contributed by atoms with Crippen molar-refractivity contribution < 1.29 is 4.74 Å². The van der Waals surface area contributed by atoms with Crippen LogP contribution >= 0.6 is 11.6 Å². The smallest absolute Gasteiger partial charge is 0.120 e. The van der Waals surface area contributed by atoms with Crippen LogP contribution in [-0.4, -0.2) is 11.6 Å². The normalized spacial score (nSPS) is 11.8. The van der Waals surface area contributed by atoms with E-state index in [1.54, 1.807) is 0 Å². The summed E-state index contributed by atoms with van der Waals surface area (Å²) < 4.78 is 5.48. The zero-order chi connectivity index (χ0) is 13.3. The lowest BCUT2D eigenvalue weighted by Crippen LogP contribution is -2.13. The molecular formula is C15H18ClNO. The van der Waals surface area contributed by atoms with Gasteiger partial charge in [0.1, 0.15) is 5.75 Å². The number of aromatic nitrogens is 1. The van der Waals surface area contributed by atoms with Gasteiger partial charge >= 0.3 is 0 Å². The number of halogens is 1. The van der Waals surface area contributed by atoms with E-state index in [0.29, 0.717) is 6.61 Å². The molecule has 0 N–H and O–H groups in total. The van der Waals surface area contributed by atoms with Crippen molar-refractivity contribution in [3.63, 3.8) is 0 Å². The van der Waals surface area contributed by atoms with Crippen LogP contribution in [0, 0.1) is 0 Å². The van der Waals surface area contributed by atoms with Crippen molar-refractivity contribution in [2.75, 3.05) is 6.61 Å². The van der Waals surface area contributed by atoms with Crippen molar-refractivity contribution in [3.8, 4) is 5.75 Å². The Bertz CT molecular complexity index is 572. The molecule has 2 aromatic rings. The summed E-state index contributed by atoms with van der Waals surface area (Å²) in [5, 5.41) is 1.67. The molecule has 0 atom stereocenters. The molecule has 18 heavy (non-hydrogen) atoms. The van der Waals surface area contributed by atoms with Crippen molar-refractivity contribution in [3.05, 3.63) is 35.0 Å². The Labute approximate surface area is 113 Å². The molecule has 96 valence electrons. The zero-order valence-corrected chi connectivity index (χ0v) is 12.0. The van der Waals surface area contributed by atoms with E-state index in [1.807, 2.05) is 31.2 Å². The lowest BCUT2D eigenvalue weighted by Gasteiger charge is -2.19. The lowest BCUT2D eigenvalue weighted by molar-refractivity contribution is 0.340. The number of hydrogen-bond acceptors (Lipinski definition) is 2. The summed E-state index contributed by atoms with van der Waals surface area (Å²) in [4.78, 5) is 4.67. The van der Waals surface area contributed by atoms with Crippen LogP contribution in [0.3, 0.4) is 0 Å². The summed E-state index contributed by atoms with van der Waals surface area (Å²) in [5.74, 6) is 0.831. The Hall–Kier alpha value is -1.28. The fourth-order valence-electron chi connectivity index (χ4n) is 1.80. The molecule has 0 aliphatic heterocycles. The molecule has 0 unspecified atom stereocenters. The largest absolute Gasteiger partial charge is 0.494 e. The number of benzene rings is 1. The van der Waals surface area contributed by atoms with Gasteiger partial charge < -0.3 is 4.74 Å². The van der Waals surface area contributed by atoms with Gasteiger partial charge in [0, 0.05) is 16.5 Å². The van der Waals surface area contributed by atoms with Crippen LogP contribution in [-0.2, 0) is 5.41 Å². The Kier molecular flexibility index (Phi) is 3.49. The third-order valence-corrected chi connectivity index (χ3v) is 3.12. The van der Waals surface area contributed by atoms with E-state index in [2.05, 4.69) is 25.8 Å². The van der Waals surface area contributed by atoms with Gasteiger partial charge in [-0.3, -0.25) is 4.98 Å². The molecule has 1 aromatic carbocycles. The molecular weight excluding hydrogens is 246 g/mol. The van der Waals surface area contributed by atoms with E-state index < -0.39 is 0 Å². The van der Waals surface area contributed by atoms with Crippen LogP contribution in [0.15, 0.2) is 24.3 Å². The summed E-state index contributed by atoms with van der Waals surface area (Å²) in [7, 11) is 0. The minimum atomic E-state index is -0.00355. The minimum absolute atomic E-state index is 0.00355. The third-order valence-electron chi connectivity index (χ3n) is 2.81. The molecule has 0 aliphatic rings. The van der Waals surface area contributed by atoms with Crippen molar-refractivity contribution >= 4 is 22.5 Å². The molecule has 2 rings (SSSR count). The summed E-state index contributed by atoms with van der Waals surface area (Å²) in [5.41, 5.74) is 1.91. The van der Waals surface area contributed by atoms with Crippen LogP contribution in [0.2, 0.25) is 5.02 Å². The van der Waals surface area contributed by atoms with Gasteiger partial charge in [0.05, 0.1) is 17.1 Å². The zero-order valence-electron chi connectivity index (χ0n) is 11.2. The van der Waals surface area contributed by atoms with Crippen molar-refractivity contribution in [1.82, 2.24) is 4.98 Å². The van der Waals surface area contributed by atoms with Crippen LogP contribution in [0.4, 0.5) is 0 Å². The molecule has 0 spiro atoms. The van der Waals surface area contributed by atoms with Crippen molar-refractivity contribution in [1.29, 1.82) is 0 Å². The average molecular weight is 264 g/mol. The number of ether oxygens (including phenoxy) is 1. The number of hydrogen-bond donors (Lipinski definition) is 0. The first-order valence-corrected chi connectivity index (χ1v) is 6.53. The van der Waals surface area contributed by atoms with E-state index in [1.165, 1.54) is 0 Å². The SMILES string of the molecule is CCOc1ccc2nc(C(C)(C)C)cc(Cl)c2c1. The molecule has 0 radical (unpaired) electrons. The summed E-state index contributed by atoms with van der Waals surface area (Å²) in [6, 6.07) is 7.78. The maximum absolute atomic E-state index is 6.34. The van der Waals surface area contributed by atoms with E-state index in [9.17, 15) is 0 Å². The predicted molar refractivity (Wildman–Crippen MR) is 76.6 cm³/mol. The number of pyridine rings is 1. The quantitative estimate of drug-likeness (QED) is 0.791. The summed E-state index contributed by atoms with van der Waals surface area (Å²) in [6.45, 7) is 9.01. The van der Waals surface area contributed by atoms with E-state index >= 15 is 0 Å². The van der Waals surface area contributed by atoms with E-state index in [-0.39, 0.29) is 5.41 Å². The van der Waals surface area contributed by atoms with Gasteiger partial charge in [-0.05, 0) is 31.2 Å². The van der Waals surface area contributed by atoms with Gasteiger partial charge in [-0.15, -0.1) is 0 Å². The Balaban J connectivity index is 2.59. The maximum Gasteiger partial charge on any atom is 0.120 e. The molecule has 2 nitrogen and oxygen atoms in total. The lowest BCUT2D eigenvalue weighted by atomic mass is 9.91. The first-order chi connectivity index (χ1) is 8.41. The highest BCUT2D eigenvalue weighted by atomic mass is 35.5. The van der Waals surface area contributed by atoms with E-state index in [0.717, 1.165) is 27.4 Å². The molecule has 0 fully saturated rings. The van der Waals surface area contributed by atoms with Crippen molar-refractivity contribution in [2.24, 2.45) is 0 Å².